The monoisotopic (exact) mass is 468 g/mol. The number of aromatic hydroxyl groups is 2. The van der Waals surface area contributed by atoms with Crippen molar-refractivity contribution in [3.05, 3.63) is 59.9 Å². The molecule has 0 saturated heterocycles. The van der Waals surface area contributed by atoms with Crippen LogP contribution in [0.1, 0.15) is 11.4 Å². The van der Waals surface area contributed by atoms with Gasteiger partial charge in [0.05, 0.1) is 22.5 Å². The largest absolute Gasteiger partial charge is 0.493 e. The minimum atomic E-state index is 0.217. The Balaban J connectivity index is 0.000000181. The molecule has 0 aliphatic rings. The number of nitrogens with zero attached hydrogens (tertiary/aromatic N) is 4. The third-order valence-electron chi connectivity index (χ3n) is 5.14. The lowest BCUT2D eigenvalue weighted by atomic mass is 10.1. The lowest BCUT2D eigenvalue weighted by Crippen LogP contribution is -1.88. The van der Waals surface area contributed by atoms with Crippen molar-refractivity contribution in [2.45, 2.75) is 23.6 Å². The first-order valence-electron chi connectivity index (χ1n) is 10.0. The summed E-state index contributed by atoms with van der Waals surface area (Å²) >= 11 is 3.41. The quantitative estimate of drug-likeness (QED) is 0.377. The molecule has 2 heterocycles. The van der Waals surface area contributed by atoms with E-state index < -0.39 is 0 Å². The Morgan fingerprint density at radius 3 is 1.16 bits per heavy atom. The highest BCUT2D eigenvalue weighted by Gasteiger charge is 2.14. The number of rotatable bonds is 4. The molecule has 32 heavy (non-hydrogen) atoms. The van der Waals surface area contributed by atoms with E-state index in [4.69, 9.17) is 0 Å². The number of benzene rings is 2. The lowest BCUT2D eigenvalue weighted by Gasteiger charge is -2.02. The summed E-state index contributed by atoms with van der Waals surface area (Å²) in [5, 5.41) is 28.2. The first-order chi connectivity index (χ1) is 15.3. The van der Waals surface area contributed by atoms with Crippen molar-refractivity contribution in [2.24, 2.45) is 14.1 Å². The molecule has 0 radical (unpaired) electrons. The van der Waals surface area contributed by atoms with Crippen LogP contribution >= 0.6 is 23.5 Å². The van der Waals surface area contributed by atoms with Crippen LogP contribution in [-0.4, -0.2) is 42.3 Å². The molecule has 4 aromatic rings. The van der Waals surface area contributed by atoms with Gasteiger partial charge in [0.2, 0.25) is 11.8 Å². The maximum absolute atomic E-state index is 9.89. The van der Waals surface area contributed by atoms with Crippen molar-refractivity contribution in [3.63, 3.8) is 0 Å². The first-order valence-corrected chi connectivity index (χ1v) is 12.5. The molecular formula is C24H28N4O2S2. The smallest absolute Gasteiger partial charge is 0.217 e. The summed E-state index contributed by atoms with van der Waals surface area (Å²) in [5.74, 6) is 0.434. The molecule has 0 atom stereocenters. The second kappa shape index (κ2) is 10.2. The summed E-state index contributed by atoms with van der Waals surface area (Å²) in [7, 11) is 3.48. The fourth-order valence-electron chi connectivity index (χ4n) is 3.48. The van der Waals surface area contributed by atoms with Gasteiger partial charge in [-0.2, -0.15) is 10.2 Å². The fraction of sp³-hybridized carbons (Fsp3) is 0.250. The van der Waals surface area contributed by atoms with Gasteiger partial charge in [-0.3, -0.25) is 0 Å². The molecule has 0 bridgehead atoms. The van der Waals surface area contributed by atoms with Crippen molar-refractivity contribution in [3.8, 4) is 34.0 Å². The number of thioether (sulfide) groups is 2. The minimum absolute atomic E-state index is 0.217. The Morgan fingerprint density at radius 1 is 0.625 bits per heavy atom. The van der Waals surface area contributed by atoms with E-state index in [-0.39, 0.29) is 11.8 Å². The molecule has 0 aliphatic carbocycles. The molecule has 2 aromatic carbocycles. The standard InChI is InChI=1S/2C12H14N2OS/c2*1-8-11(12(15)14(2)13-8)9-4-6-10(16-3)7-5-9/h2*4-7,15H,1-3H3. The third kappa shape index (κ3) is 4.97. The summed E-state index contributed by atoms with van der Waals surface area (Å²) in [6, 6.07) is 16.2. The normalized spacial score (nSPS) is 10.7. The maximum atomic E-state index is 9.89. The Kier molecular flexibility index (Phi) is 7.58. The molecule has 6 nitrogen and oxygen atoms in total. The van der Waals surface area contributed by atoms with Crippen molar-refractivity contribution in [1.29, 1.82) is 0 Å². The Labute approximate surface area is 197 Å². The van der Waals surface area contributed by atoms with Crippen LogP contribution in [0, 0.1) is 13.8 Å². The molecule has 168 valence electrons. The van der Waals surface area contributed by atoms with Crippen LogP contribution in [0.15, 0.2) is 58.3 Å². The number of aryl methyl sites for hydroxylation is 4. The molecule has 2 N–H and O–H groups in total. The van der Waals surface area contributed by atoms with Crippen molar-refractivity contribution in [2.75, 3.05) is 12.5 Å². The summed E-state index contributed by atoms with van der Waals surface area (Å²) in [6.45, 7) is 3.80. The summed E-state index contributed by atoms with van der Waals surface area (Å²) in [4.78, 5) is 2.43. The van der Waals surface area contributed by atoms with Gasteiger partial charge in [0, 0.05) is 23.9 Å². The van der Waals surface area contributed by atoms with Gasteiger partial charge < -0.3 is 10.2 Å². The van der Waals surface area contributed by atoms with E-state index in [1.807, 2.05) is 74.9 Å². The minimum Gasteiger partial charge on any atom is -0.493 e. The number of aromatic nitrogens is 4. The van der Waals surface area contributed by atoms with E-state index in [9.17, 15) is 10.2 Å². The summed E-state index contributed by atoms with van der Waals surface area (Å²) < 4.78 is 2.99. The zero-order valence-corrected chi connectivity index (χ0v) is 20.8. The van der Waals surface area contributed by atoms with Crippen molar-refractivity contribution in [1.82, 2.24) is 19.6 Å². The van der Waals surface area contributed by atoms with E-state index in [1.165, 1.54) is 19.2 Å². The third-order valence-corrected chi connectivity index (χ3v) is 6.63. The van der Waals surface area contributed by atoms with Crippen LogP contribution in [0.2, 0.25) is 0 Å². The second-order valence-corrected chi connectivity index (χ2v) is 9.03. The highest BCUT2D eigenvalue weighted by atomic mass is 32.2. The predicted molar refractivity (Wildman–Crippen MR) is 134 cm³/mol. The van der Waals surface area contributed by atoms with Crippen LogP contribution in [0.3, 0.4) is 0 Å². The van der Waals surface area contributed by atoms with E-state index >= 15 is 0 Å². The molecule has 0 aliphatic heterocycles. The second-order valence-electron chi connectivity index (χ2n) is 7.27. The van der Waals surface area contributed by atoms with Gasteiger partial charge in [-0.05, 0) is 61.8 Å². The van der Waals surface area contributed by atoms with Gasteiger partial charge in [-0.15, -0.1) is 23.5 Å². The van der Waals surface area contributed by atoms with Crippen molar-refractivity contribution < 1.29 is 10.2 Å². The highest BCUT2D eigenvalue weighted by molar-refractivity contribution is 7.98. The van der Waals surface area contributed by atoms with Crippen molar-refractivity contribution >= 4 is 23.5 Å². The van der Waals surface area contributed by atoms with Crippen LogP contribution in [0.4, 0.5) is 0 Å². The highest BCUT2D eigenvalue weighted by Crippen LogP contribution is 2.33. The van der Waals surface area contributed by atoms with Gasteiger partial charge in [0.25, 0.3) is 0 Å². The predicted octanol–water partition coefficient (Wildman–Crippen LogP) is 5.65. The zero-order valence-electron chi connectivity index (χ0n) is 19.1. The SMILES string of the molecule is CSc1ccc(-c2c(C)nn(C)c2O)cc1.CSc1ccc(-c2c(C)nn(C)c2O)cc1. The van der Waals surface area contributed by atoms with E-state index in [0.29, 0.717) is 0 Å². The molecule has 0 saturated carbocycles. The van der Waals surface area contributed by atoms with Gasteiger partial charge in [-0.25, -0.2) is 9.36 Å². The fourth-order valence-corrected chi connectivity index (χ4v) is 4.30. The molecule has 0 spiro atoms. The first kappa shape index (κ1) is 23.8. The van der Waals surface area contributed by atoms with Crippen LogP contribution in [0.5, 0.6) is 11.8 Å². The molecule has 2 aromatic heterocycles. The van der Waals surface area contributed by atoms with E-state index in [1.54, 1.807) is 37.6 Å². The molecule has 0 fully saturated rings. The van der Waals surface area contributed by atoms with Crippen LogP contribution in [0.25, 0.3) is 22.3 Å². The molecule has 0 amide bonds. The average Bonchev–Trinajstić information content (AvgIpc) is 3.20. The van der Waals surface area contributed by atoms with E-state index in [0.717, 1.165) is 33.6 Å². The number of hydrogen-bond donors (Lipinski definition) is 2. The van der Waals surface area contributed by atoms with E-state index in [2.05, 4.69) is 10.2 Å². The van der Waals surface area contributed by atoms with Crippen LogP contribution in [-0.2, 0) is 14.1 Å². The molecule has 4 rings (SSSR count). The summed E-state index contributed by atoms with van der Waals surface area (Å²) in [5.41, 5.74) is 5.32. The maximum Gasteiger partial charge on any atom is 0.217 e. The zero-order chi connectivity index (χ0) is 23.4. The molecular weight excluding hydrogens is 440 g/mol. The topological polar surface area (TPSA) is 76.1 Å². The Bertz CT molecular complexity index is 1100. The summed E-state index contributed by atoms with van der Waals surface area (Å²) in [6.07, 6.45) is 4.09. The Hall–Kier alpha value is -2.84. The Morgan fingerprint density at radius 2 is 0.938 bits per heavy atom. The van der Waals surface area contributed by atoms with Gasteiger partial charge in [0.15, 0.2) is 0 Å². The number of hydrogen-bond acceptors (Lipinski definition) is 6. The average molecular weight is 469 g/mol. The lowest BCUT2D eigenvalue weighted by molar-refractivity contribution is 0.420. The van der Waals surface area contributed by atoms with Gasteiger partial charge in [-0.1, -0.05) is 24.3 Å². The van der Waals surface area contributed by atoms with Gasteiger partial charge in [0.1, 0.15) is 0 Å². The molecule has 0 unspecified atom stereocenters. The van der Waals surface area contributed by atoms with Gasteiger partial charge >= 0.3 is 0 Å². The molecule has 8 heteroatoms. The van der Waals surface area contributed by atoms with Crippen LogP contribution < -0.4 is 0 Å².